The summed E-state index contributed by atoms with van der Waals surface area (Å²) in [5.41, 5.74) is 1.81. The number of hydrogen-bond acceptors (Lipinski definition) is 4. The highest BCUT2D eigenvalue weighted by Crippen LogP contribution is 2.17. The van der Waals surface area contributed by atoms with E-state index < -0.39 is 18.0 Å². The zero-order valence-electron chi connectivity index (χ0n) is 18.2. The van der Waals surface area contributed by atoms with Gasteiger partial charge in [0.25, 0.3) is 0 Å². The third kappa shape index (κ3) is 8.53. The van der Waals surface area contributed by atoms with Crippen molar-refractivity contribution in [1.82, 2.24) is 0 Å². The lowest BCUT2D eigenvalue weighted by Crippen LogP contribution is -2.11. The first-order valence-electron chi connectivity index (χ1n) is 10.3. The number of carbonyl (C=O) groups excluding carboxylic acids is 1. The van der Waals surface area contributed by atoms with Crippen LogP contribution in [0.2, 0.25) is 0 Å². The zero-order chi connectivity index (χ0) is 24.8. The van der Waals surface area contributed by atoms with Crippen LogP contribution in [0, 0.1) is 0 Å². The van der Waals surface area contributed by atoms with Crippen molar-refractivity contribution in [3.63, 3.8) is 0 Å². The second kappa shape index (κ2) is 13.8. The van der Waals surface area contributed by atoms with Crippen molar-refractivity contribution >= 4 is 17.7 Å². The summed E-state index contributed by atoms with van der Waals surface area (Å²) in [5.74, 6) is -2.03. The number of carboxylic acid groups (broad SMARTS) is 2. The fourth-order valence-electron chi connectivity index (χ4n) is 2.71. The molecule has 0 aliphatic heterocycles. The Balaban J connectivity index is 0.000000194. The summed E-state index contributed by atoms with van der Waals surface area (Å²) in [7, 11) is 0. The van der Waals surface area contributed by atoms with Crippen molar-refractivity contribution in [3.8, 4) is 0 Å². The number of rotatable bonds is 5. The van der Waals surface area contributed by atoms with Gasteiger partial charge >= 0.3 is 11.9 Å². The number of Topliss-reactive ketones (excluding diaryl/α,β-unsaturated/α-hetero) is 1. The molecule has 0 aromatic heterocycles. The summed E-state index contributed by atoms with van der Waals surface area (Å²) >= 11 is 0. The average molecular weight is 456 g/mol. The lowest BCUT2D eigenvalue weighted by atomic mass is 10.0. The molecule has 0 amide bonds. The van der Waals surface area contributed by atoms with E-state index in [1.54, 1.807) is 109 Å². The van der Waals surface area contributed by atoms with E-state index >= 15 is 0 Å². The molecular formula is C28H24O6. The van der Waals surface area contributed by atoms with Gasteiger partial charge in [-0.15, -0.1) is 0 Å². The quantitative estimate of drug-likeness (QED) is 0.348. The molecular weight excluding hydrogens is 432 g/mol. The van der Waals surface area contributed by atoms with Crippen LogP contribution in [0.5, 0.6) is 0 Å². The first-order valence-corrected chi connectivity index (χ1v) is 10.3. The van der Waals surface area contributed by atoms with Crippen LogP contribution in [0.4, 0.5) is 0 Å². The number of carboxylic acids is 2. The van der Waals surface area contributed by atoms with Crippen LogP contribution in [0.3, 0.4) is 0 Å². The van der Waals surface area contributed by atoms with Gasteiger partial charge in [-0.05, 0) is 29.8 Å². The highest BCUT2D eigenvalue weighted by atomic mass is 16.4. The second-order valence-corrected chi connectivity index (χ2v) is 6.89. The summed E-state index contributed by atoms with van der Waals surface area (Å²) in [6.07, 6.45) is -1.08. The van der Waals surface area contributed by atoms with Crippen molar-refractivity contribution < 1.29 is 29.7 Å². The number of carbonyl (C=O) groups is 3. The van der Waals surface area contributed by atoms with Crippen LogP contribution in [0.15, 0.2) is 121 Å². The molecule has 0 saturated heterocycles. The van der Waals surface area contributed by atoms with Gasteiger partial charge in [0.05, 0.1) is 11.1 Å². The number of aliphatic hydroxyl groups excluding tert-OH is 1. The number of ketones is 1. The molecule has 0 saturated carbocycles. The Bertz CT molecular complexity index is 1110. The molecule has 0 fully saturated rings. The highest BCUT2D eigenvalue weighted by Gasteiger charge is 2.18. The fourth-order valence-corrected chi connectivity index (χ4v) is 2.71. The number of hydrogen-bond donors (Lipinski definition) is 3. The largest absolute Gasteiger partial charge is 0.478 e. The lowest BCUT2D eigenvalue weighted by molar-refractivity contribution is 0.0686. The molecule has 0 aliphatic carbocycles. The molecule has 4 aromatic rings. The summed E-state index contributed by atoms with van der Waals surface area (Å²) in [6.45, 7) is 0. The lowest BCUT2D eigenvalue weighted by Gasteiger charge is -2.09. The summed E-state index contributed by atoms with van der Waals surface area (Å²) < 4.78 is 0. The molecule has 4 aromatic carbocycles. The third-order valence-corrected chi connectivity index (χ3v) is 4.46. The molecule has 6 heteroatoms. The van der Waals surface area contributed by atoms with Crippen LogP contribution >= 0.6 is 0 Å². The Hall–Kier alpha value is -4.55. The van der Waals surface area contributed by atoms with E-state index in [-0.39, 0.29) is 5.78 Å². The van der Waals surface area contributed by atoms with Crippen LogP contribution in [0.25, 0.3) is 0 Å². The van der Waals surface area contributed by atoms with Gasteiger partial charge in [-0.25, -0.2) is 9.59 Å². The summed E-state index contributed by atoms with van der Waals surface area (Å²) in [6, 6.07) is 34.3. The van der Waals surface area contributed by atoms with Gasteiger partial charge in [-0.1, -0.05) is 97.1 Å². The molecule has 1 atom stereocenters. The van der Waals surface area contributed by atoms with Crippen molar-refractivity contribution in [3.05, 3.63) is 144 Å². The first-order chi connectivity index (χ1) is 16.4. The van der Waals surface area contributed by atoms with E-state index in [2.05, 4.69) is 0 Å². The minimum atomic E-state index is -1.08. The van der Waals surface area contributed by atoms with E-state index in [0.29, 0.717) is 22.3 Å². The van der Waals surface area contributed by atoms with Crippen molar-refractivity contribution in [2.45, 2.75) is 6.10 Å². The van der Waals surface area contributed by atoms with Crippen LogP contribution in [0.1, 0.15) is 42.7 Å². The molecule has 1 unspecified atom stereocenters. The van der Waals surface area contributed by atoms with Crippen molar-refractivity contribution in [2.75, 3.05) is 0 Å². The Kier molecular flexibility index (Phi) is 10.4. The molecule has 172 valence electrons. The Morgan fingerprint density at radius 3 is 1.06 bits per heavy atom. The number of benzene rings is 4. The predicted octanol–water partition coefficient (Wildman–Crippen LogP) is 5.37. The number of aromatic carboxylic acids is 2. The first kappa shape index (κ1) is 25.7. The van der Waals surface area contributed by atoms with Crippen LogP contribution in [-0.4, -0.2) is 33.0 Å². The summed E-state index contributed by atoms with van der Waals surface area (Å²) in [5, 5.41) is 26.7. The average Bonchev–Trinajstić information content (AvgIpc) is 2.90. The molecule has 0 spiro atoms. The maximum atomic E-state index is 11.9. The van der Waals surface area contributed by atoms with Gasteiger partial charge in [0.15, 0.2) is 5.78 Å². The topological polar surface area (TPSA) is 112 Å². The molecule has 0 heterocycles. The molecule has 0 bridgehead atoms. The monoisotopic (exact) mass is 456 g/mol. The Morgan fingerprint density at radius 2 is 0.765 bits per heavy atom. The van der Waals surface area contributed by atoms with Crippen LogP contribution in [-0.2, 0) is 0 Å². The maximum absolute atomic E-state index is 11.9. The van der Waals surface area contributed by atoms with E-state index in [1.165, 1.54) is 0 Å². The minimum Gasteiger partial charge on any atom is -0.478 e. The van der Waals surface area contributed by atoms with E-state index in [0.717, 1.165) is 0 Å². The maximum Gasteiger partial charge on any atom is 0.335 e. The van der Waals surface area contributed by atoms with Crippen molar-refractivity contribution in [1.29, 1.82) is 0 Å². The smallest absolute Gasteiger partial charge is 0.335 e. The van der Waals surface area contributed by atoms with E-state index in [4.69, 9.17) is 10.2 Å². The van der Waals surface area contributed by atoms with E-state index in [9.17, 15) is 19.5 Å². The predicted molar refractivity (Wildman–Crippen MR) is 129 cm³/mol. The highest BCUT2D eigenvalue weighted by molar-refractivity contribution is 5.99. The Labute approximate surface area is 197 Å². The van der Waals surface area contributed by atoms with Gasteiger partial charge in [-0.3, -0.25) is 4.79 Å². The van der Waals surface area contributed by atoms with Crippen molar-refractivity contribution in [2.24, 2.45) is 0 Å². The molecule has 34 heavy (non-hydrogen) atoms. The van der Waals surface area contributed by atoms with Gasteiger partial charge in [0, 0.05) is 5.56 Å². The van der Waals surface area contributed by atoms with Gasteiger partial charge in [-0.2, -0.15) is 0 Å². The van der Waals surface area contributed by atoms with E-state index in [1.807, 2.05) is 12.1 Å². The van der Waals surface area contributed by atoms with Gasteiger partial charge in [0.1, 0.15) is 6.10 Å². The minimum absolute atomic E-state index is 0.271. The molecule has 6 nitrogen and oxygen atoms in total. The molecule has 4 rings (SSSR count). The molecule has 0 radical (unpaired) electrons. The number of aliphatic hydroxyl groups is 1. The zero-order valence-corrected chi connectivity index (χ0v) is 18.2. The standard InChI is InChI=1S/C14H12O2.2C7H6O2/c15-13(11-7-3-1-4-8-11)14(16)12-9-5-2-6-10-12;2*8-7(9)6-4-2-1-3-5-6/h1-10,13,15H;2*1-5H,(H,8,9). The fraction of sp³-hybridized carbons (Fsp3) is 0.0357. The Morgan fingerprint density at radius 1 is 0.471 bits per heavy atom. The normalized spacial score (nSPS) is 10.4. The summed E-state index contributed by atoms with van der Waals surface area (Å²) in [4.78, 5) is 32.3. The van der Waals surface area contributed by atoms with Gasteiger partial charge < -0.3 is 15.3 Å². The van der Waals surface area contributed by atoms with Gasteiger partial charge in [0.2, 0.25) is 0 Å². The molecule has 0 aliphatic rings. The third-order valence-electron chi connectivity index (χ3n) is 4.46. The van der Waals surface area contributed by atoms with Crippen LogP contribution < -0.4 is 0 Å². The SMILES string of the molecule is O=C(O)c1ccccc1.O=C(O)c1ccccc1.O=C(c1ccccc1)C(O)c1ccccc1. The second-order valence-electron chi connectivity index (χ2n) is 6.89. The molecule has 3 N–H and O–H groups in total.